The van der Waals surface area contributed by atoms with Crippen LogP contribution in [0.15, 0.2) is 53.7 Å². The highest BCUT2D eigenvalue weighted by molar-refractivity contribution is 5.87. The monoisotopic (exact) mass is 738 g/mol. The van der Waals surface area contributed by atoms with Gasteiger partial charge in [-0.25, -0.2) is 19.8 Å². The van der Waals surface area contributed by atoms with E-state index in [-0.39, 0.29) is 35.7 Å². The Hall–Kier alpha value is -5.50. The summed E-state index contributed by atoms with van der Waals surface area (Å²) in [5, 5.41) is 2.70. The average Bonchev–Trinajstić information content (AvgIpc) is 4.00. The van der Waals surface area contributed by atoms with Crippen molar-refractivity contribution in [3.63, 3.8) is 0 Å². The number of nitrogens with zero attached hydrogens (tertiary/aromatic N) is 5. The Bertz CT molecular complexity index is 1980. The van der Waals surface area contributed by atoms with Crippen LogP contribution in [0.1, 0.15) is 88.2 Å². The third kappa shape index (κ3) is 8.49. The lowest BCUT2D eigenvalue weighted by Gasteiger charge is -2.29. The maximum Gasteiger partial charge on any atom is 0.407 e. The number of alkyl carbamates (subject to hydrolysis) is 1. The first-order valence-corrected chi connectivity index (χ1v) is 18.6. The Balaban J connectivity index is 1.11. The molecule has 0 bridgehead atoms. The summed E-state index contributed by atoms with van der Waals surface area (Å²) in [4.78, 5) is 72.8. The number of likely N-dealkylation sites (tertiary alicyclic amines) is 2. The Labute approximate surface area is 315 Å². The molecule has 2 saturated heterocycles. The van der Waals surface area contributed by atoms with E-state index in [0.29, 0.717) is 13.1 Å². The van der Waals surface area contributed by atoms with E-state index in [0.717, 1.165) is 70.7 Å². The standard InChI is InChI=1S/C40H50N8O6/c1-24(2)34(42-23-54-53-6)38(49)47-19-7-9-32(47)36-41-22-31(45-36)28-16-13-26(14-17-28)11-12-27-15-18-29-30(21-27)44-37(43-29)33-10-8-20-48(33)39(50)35(25(3)4)46-40(51)52-5/h11-18,21-25,32-35H,7-10,19-20H2,1-6H3,(H,41,45)(H,43,44)(H,46,51)/t32-,33-,34-,35-/m0/s1. The lowest BCUT2D eigenvalue weighted by atomic mass is 10.0. The van der Waals surface area contributed by atoms with Crippen molar-refractivity contribution in [3.05, 3.63) is 71.4 Å². The number of nitrogens with one attached hydrogen (secondary N) is 3. The van der Waals surface area contributed by atoms with E-state index in [4.69, 9.17) is 14.6 Å². The quantitative estimate of drug-likeness (QED) is 0.0462. The normalized spacial score (nSPS) is 18.7. The van der Waals surface area contributed by atoms with Gasteiger partial charge in [0.1, 0.15) is 23.7 Å². The minimum atomic E-state index is -0.683. The van der Waals surface area contributed by atoms with Crippen LogP contribution in [0, 0.1) is 11.8 Å². The van der Waals surface area contributed by atoms with Crippen molar-refractivity contribution in [1.82, 2.24) is 35.1 Å². The molecule has 0 aliphatic carbocycles. The van der Waals surface area contributed by atoms with Gasteiger partial charge in [0.05, 0.1) is 49.2 Å². The SMILES string of the molecule is COOC=N[C@H](C(=O)N1CCC[C@H]1c1ncc(-c2ccc(C=Cc3ccc4nc([C@@H]5CCCN5C(=O)[C@@H](NC(=O)OC)C(C)C)[nH]c4c3)cc2)[nH]1)C(C)C. The topological polar surface area (TPSA) is 167 Å². The van der Waals surface area contributed by atoms with Gasteiger partial charge < -0.3 is 34.7 Å². The number of imidazole rings is 2. The van der Waals surface area contributed by atoms with E-state index in [1.54, 1.807) is 0 Å². The number of hydrogen-bond acceptors (Lipinski definition) is 9. The Kier molecular flexibility index (Phi) is 12.1. The number of aliphatic imine (C=N–C) groups is 1. The molecule has 14 heteroatoms. The summed E-state index contributed by atoms with van der Waals surface area (Å²) >= 11 is 0. The molecule has 4 aromatic rings. The molecule has 14 nitrogen and oxygen atoms in total. The number of aromatic amines is 2. The first-order valence-electron chi connectivity index (χ1n) is 18.6. The first kappa shape index (κ1) is 38.2. The van der Waals surface area contributed by atoms with E-state index < -0.39 is 18.2 Å². The molecule has 2 aromatic carbocycles. The lowest BCUT2D eigenvalue weighted by molar-refractivity contribution is -0.188. The molecule has 6 rings (SSSR count). The molecule has 54 heavy (non-hydrogen) atoms. The maximum absolute atomic E-state index is 13.6. The van der Waals surface area contributed by atoms with Crippen molar-refractivity contribution in [2.45, 2.75) is 77.5 Å². The molecule has 4 atom stereocenters. The number of carbonyl (C=O) groups excluding carboxylic acids is 3. The minimum absolute atomic E-state index is 0.00843. The maximum atomic E-state index is 13.6. The zero-order valence-electron chi connectivity index (χ0n) is 31.7. The third-order valence-electron chi connectivity index (χ3n) is 10.1. The fourth-order valence-corrected chi connectivity index (χ4v) is 7.26. The van der Waals surface area contributed by atoms with Crippen molar-refractivity contribution >= 4 is 47.5 Å². The number of aromatic nitrogens is 4. The molecule has 286 valence electrons. The van der Waals surface area contributed by atoms with E-state index >= 15 is 0 Å². The number of benzene rings is 2. The van der Waals surface area contributed by atoms with Gasteiger partial charge in [-0.3, -0.25) is 9.59 Å². The molecular formula is C40H50N8O6. The molecule has 2 fully saturated rings. The number of ether oxygens (including phenoxy) is 1. The van der Waals surface area contributed by atoms with Gasteiger partial charge in [0, 0.05) is 13.1 Å². The molecule has 3 amide bonds. The van der Waals surface area contributed by atoms with E-state index in [2.05, 4.69) is 72.6 Å². The highest BCUT2D eigenvalue weighted by atomic mass is 17.2. The predicted molar refractivity (Wildman–Crippen MR) is 206 cm³/mol. The fraction of sp³-hybridized carbons (Fsp3) is 0.450. The molecule has 2 aromatic heterocycles. The van der Waals surface area contributed by atoms with Gasteiger partial charge in [0.2, 0.25) is 18.2 Å². The number of amides is 3. The Morgan fingerprint density at radius 3 is 2.20 bits per heavy atom. The van der Waals surface area contributed by atoms with Crippen molar-refractivity contribution in [2.24, 2.45) is 16.8 Å². The zero-order valence-corrected chi connectivity index (χ0v) is 31.7. The van der Waals surface area contributed by atoms with Gasteiger partial charge in [-0.05, 0) is 66.3 Å². The molecule has 2 aliphatic heterocycles. The first-order chi connectivity index (χ1) is 26.1. The van der Waals surface area contributed by atoms with E-state index in [9.17, 15) is 14.4 Å². The number of rotatable bonds is 13. The van der Waals surface area contributed by atoms with Crippen LogP contribution in [-0.2, 0) is 24.1 Å². The summed E-state index contributed by atoms with van der Waals surface area (Å²) in [5.41, 5.74) is 5.64. The smallest absolute Gasteiger partial charge is 0.407 e. The van der Waals surface area contributed by atoms with Gasteiger partial charge in [-0.2, -0.15) is 4.89 Å². The highest BCUT2D eigenvalue weighted by Gasteiger charge is 2.38. The number of hydrogen-bond donors (Lipinski definition) is 3. The van der Waals surface area contributed by atoms with Crippen LogP contribution in [0.3, 0.4) is 0 Å². The second-order valence-electron chi connectivity index (χ2n) is 14.5. The van der Waals surface area contributed by atoms with Gasteiger partial charge in [-0.1, -0.05) is 70.2 Å². The predicted octanol–water partition coefficient (Wildman–Crippen LogP) is 6.46. The van der Waals surface area contributed by atoms with Gasteiger partial charge in [0.25, 0.3) is 0 Å². The average molecular weight is 739 g/mol. The second-order valence-corrected chi connectivity index (χ2v) is 14.5. The van der Waals surface area contributed by atoms with Crippen molar-refractivity contribution in [3.8, 4) is 11.3 Å². The van der Waals surface area contributed by atoms with E-state index in [1.807, 2.05) is 55.8 Å². The summed E-state index contributed by atoms with van der Waals surface area (Å²) in [6.45, 7) is 8.98. The van der Waals surface area contributed by atoms with E-state index in [1.165, 1.54) is 20.6 Å². The van der Waals surface area contributed by atoms with Gasteiger partial charge in [-0.15, -0.1) is 0 Å². The minimum Gasteiger partial charge on any atom is -0.453 e. The summed E-state index contributed by atoms with van der Waals surface area (Å²) in [6, 6.07) is 12.7. The molecule has 0 saturated carbocycles. The van der Waals surface area contributed by atoms with Crippen LogP contribution >= 0.6 is 0 Å². The van der Waals surface area contributed by atoms with Crippen LogP contribution < -0.4 is 5.32 Å². The van der Waals surface area contributed by atoms with Crippen molar-refractivity contribution in [2.75, 3.05) is 27.3 Å². The summed E-state index contributed by atoms with van der Waals surface area (Å²) in [6.07, 6.45) is 9.86. The summed E-state index contributed by atoms with van der Waals surface area (Å²) in [5.74, 6) is 1.21. The molecular weight excluding hydrogens is 688 g/mol. The Morgan fingerprint density at radius 2 is 1.54 bits per heavy atom. The Morgan fingerprint density at radius 1 is 0.870 bits per heavy atom. The van der Waals surface area contributed by atoms with Gasteiger partial charge >= 0.3 is 6.09 Å². The molecule has 4 heterocycles. The van der Waals surface area contributed by atoms with Gasteiger partial charge in [0.15, 0.2) is 0 Å². The zero-order chi connectivity index (χ0) is 38.4. The van der Waals surface area contributed by atoms with Crippen LogP contribution in [-0.4, -0.2) is 93.4 Å². The van der Waals surface area contributed by atoms with Crippen LogP contribution in [0.4, 0.5) is 4.79 Å². The molecule has 2 aliphatic rings. The third-order valence-corrected chi connectivity index (χ3v) is 10.1. The number of carbonyl (C=O) groups is 3. The molecule has 0 unspecified atom stereocenters. The lowest BCUT2D eigenvalue weighted by Crippen LogP contribution is -2.51. The van der Waals surface area contributed by atoms with Crippen LogP contribution in [0.25, 0.3) is 34.4 Å². The number of fused-ring (bicyclic) bond motifs is 1. The summed E-state index contributed by atoms with van der Waals surface area (Å²) < 4.78 is 4.76. The number of methoxy groups -OCH3 is 1. The molecule has 0 radical (unpaired) electrons. The van der Waals surface area contributed by atoms with Crippen LogP contribution in [0.5, 0.6) is 0 Å². The summed E-state index contributed by atoms with van der Waals surface area (Å²) in [7, 11) is 2.68. The molecule has 0 spiro atoms. The molecule has 3 N–H and O–H groups in total. The van der Waals surface area contributed by atoms with Crippen LogP contribution in [0.2, 0.25) is 0 Å². The highest BCUT2D eigenvalue weighted by Crippen LogP contribution is 2.34. The number of H-pyrrole nitrogens is 2. The fourth-order valence-electron chi connectivity index (χ4n) is 7.26. The second kappa shape index (κ2) is 17.1. The van der Waals surface area contributed by atoms with Crippen molar-refractivity contribution in [1.29, 1.82) is 0 Å². The van der Waals surface area contributed by atoms with Crippen molar-refractivity contribution < 1.29 is 28.9 Å². The largest absolute Gasteiger partial charge is 0.453 e.